The Morgan fingerprint density at radius 2 is 2.23 bits per heavy atom. The number of halogens is 2. The van der Waals surface area contributed by atoms with Crippen molar-refractivity contribution in [3.63, 3.8) is 0 Å². The number of carbonyl (C=O) groups excluding carboxylic acids is 1. The van der Waals surface area contributed by atoms with E-state index in [-0.39, 0.29) is 36.8 Å². The molecule has 1 fully saturated rings. The number of rotatable bonds is 3. The van der Waals surface area contributed by atoms with E-state index in [1.165, 1.54) is 11.3 Å². The third-order valence-electron chi connectivity index (χ3n) is 3.55. The topological polar surface area (TPSA) is 54.0 Å². The molecule has 8 heteroatoms. The molecule has 1 aliphatic heterocycles. The highest BCUT2D eigenvalue weighted by Crippen LogP contribution is 2.27. The monoisotopic (exact) mass is 379 g/mol. The lowest BCUT2D eigenvalue weighted by molar-refractivity contribution is 0.0915. The third kappa shape index (κ3) is 4.43. The first-order valence-corrected chi connectivity index (χ1v) is 8.53. The Morgan fingerprint density at radius 3 is 2.91 bits per heavy atom. The van der Waals surface area contributed by atoms with Gasteiger partial charge in [-0.05, 0) is 37.8 Å². The number of amides is 1. The fraction of sp³-hybridized carbons (Fsp3) is 0.429. The second-order valence-electron chi connectivity index (χ2n) is 4.98. The third-order valence-corrected chi connectivity index (χ3v) is 5.43. The van der Waals surface area contributed by atoms with Crippen LogP contribution >= 0.6 is 47.5 Å². The van der Waals surface area contributed by atoms with Crippen molar-refractivity contribution in [3.8, 4) is 9.88 Å². The zero-order chi connectivity index (χ0) is 13.9. The van der Waals surface area contributed by atoms with E-state index in [0.717, 1.165) is 29.3 Å². The molecule has 3 rings (SSSR count). The molecule has 2 N–H and O–H groups in total. The number of nitrogens with zero attached hydrogens (tertiary/aromatic N) is 1. The van der Waals surface area contributed by atoms with Gasteiger partial charge in [-0.15, -0.1) is 47.5 Å². The zero-order valence-corrected chi connectivity index (χ0v) is 15.3. The van der Waals surface area contributed by atoms with Crippen LogP contribution < -0.4 is 10.6 Å². The van der Waals surface area contributed by atoms with Crippen molar-refractivity contribution in [1.82, 2.24) is 15.6 Å². The molecule has 4 nitrogen and oxygen atoms in total. The van der Waals surface area contributed by atoms with Crippen LogP contribution in [0, 0.1) is 0 Å². The maximum absolute atomic E-state index is 12.3. The summed E-state index contributed by atoms with van der Waals surface area (Å²) in [4.78, 5) is 17.8. The summed E-state index contributed by atoms with van der Waals surface area (Å²) in [5, 5.41) is 11.3. The SMILES string of the molecule is CC1NCCCC1NC(=O)c1csc(-c2cccs2)n1.Cl.Cl. The molecule has 122 valence electrons. The summed E-state index contributed by atoms with van der Waals surface area (Å²) in [7, 11) is 0. The van der Waals surface area contributed by atoms with Crippen LogP contribution in [0.1, 0.15) is 30.3 Å². The number of hydrogen-bond donors (Lipinski definition) is 2. The van der Waals surface area contributed by atoms with Crippen LogP contribution in [0.3, 0.4) is 0 Å². The fourth-order valence-corrected chi connectivity index (χ4v) is 3.99. The van der Waals surface area contributed by atoms with Gasteiger partial charge in [-0.2, -0.15) is 0 Å². The zero-order valence-electron chi connectivity index (χ0n) is 12.1. The lowest BCUT2D eigenvalue weighted by Crippen LogP contribution is -2.51. The largest absolute Gasteiger partial charge is 0.346 e. The number of carbonyl (C=O) groups is 1. The van der Waals surface area contributed by atoms with Gasteiger partial charge < -0.3 is 10.6 Å². The van der Waals surface area contributed by atoms with Gasteiger partial charge in [0.15, 0.2) is 0 Å². The van der Waals surface area contributed by atoms with Gasteiger partial charge in [-0.1, -0.05) is 6.07 Å². The van der Waals surface area contributed by atoms with E-state index in [9.17, 15) is 4.79 Å². The number of piperidine rings is 1. The van der Waals surface area contributed by atoms with Crippen LogP contribution in [0.4, 0.5) is 0 Å². The predicted octanol–water partition coefficient (Wildman–Crippen LogP) is 3.59. The molecule has 0 radical (unpaired) electrons. The number of nitrogens with one attached hydrogen (secondary N) is 2. The van der Waals surface area contributed by atoms with Gasteiger partial charge in [0.25, 0.3) is 5.91 Å². The minimum Gasteiger partial charge on any atom is -0.346 e. The molecule has 2 unspecified atom stereocenters. The maximum atomic E-state index is 12.3. The Hall–Kier alpha value is -0.660. The summed E-state index contributed by atoms with van der Waals surface area (Å²) >= 11 is 3.16. The van der Waals surface area contributed by atoms with E-state index in [2.05, 4.69) is 22.5 Å². The van der Waals surface area contributed by atoms with E-state index < -0.39 is 0 Å². The lowest BCUT2D eigenvalue weighted by atomic mass is 10.00. The van der Waals surface area contributed by atoms with Crippen LogP contribution in [-0.2, 0) is 0 Å². The summed E-state index contributed by atoms with van der Waals surface area (Å²) in [5.74, 6) is -0.0652. The van der Waals surface area contributed by atoms with E-state index in [1.54, 1.807) is 11.3 Å². The molecule has 22 heavy (non-hydrogen) atoms. The molecule has 0 aliphatic carbocycles. The van der Waals surface area contributed by atoms with Gasteiger partial charge in [0, 0.05) is 17.5 Å². The van der Waals surface area contributed by atoms with Gasteiger partial charge in [-0.3, -0.25) is 4.79 Å². The normalized spacial score (nSPS) is 20.6. The summed E-state index contributed by atoms with van der Waals surface area (Å²) in [5.41, 5.74) is 0.524. The molecule has 0 saturated carbocycles. The average Bonchev–Trinajstić information content (AvgIpc) is 3.11. The number of hydrogen-bond acceptors (Lipinski definition) is 5. The Kier molecular flexibility index (Phi) is 7.79. The van der Waals surface area contributed by atoms with E-state index in [0.29, 0.717) is 11.7 Å². The lowest BCUT2D eigenvalue weighted by Gasteiger charge is -2.30. The van der Waals surface area contributed by atoms with Crippen molar-refractivity contribution >= 4 is 53.4 Å². The highest BCUT2D eigenvalue weighted by Gasteiger charge is 2.23. The quantitative estimate of drug-likeness (QED) is 0.856. The highest BCUT2D eigenvalue weighted by atomic mass is 35.5. The molecule has 2 atom stereocenters. The van der Waals surface area contributed by atoms with Crippen LogP contribution in [0.2, 0.25) is 0 Å². The number of aromatic nitrogens is 1. The first-order chi connectivity index (χ1) is 9.74. The first kappa shape index (κ1) is 19.4. The minimum absolute atomic E-state index is 0. The molecule has 0 bridgehead atoms. The Balaban J connectivity index is 0.00000121. The Morgan fingerprint density at radius 1 is 1.41 bits per heavy atom. The van der Waals surface area contributed by atoms with Gasteiger partial charge in [0.05, 0.1) is 4.88 Å². The Bertz CT molecular complexity index is 589. The molecule has 3 heterocycles. The maximum Gasteiger partial charge on any atom is 0.271 e. The fourth-order valence-electron chi connectivity index (χ4n) is 2.37. The highest BCUT2D eigenvalue weighted by molar-refractivity contribution is 7.20. The van der Waals surface area contributed by atoms with Crippen LogP contribution in [0.25, 0.3) is 9.88 Å². The van der Waals surface area contributed by atoms with Crippen molar-refractivity contribution in [2.75, 3.05) is 6.54 Å². The van der Waals surface area contributed by atoms with Crippen molar-refractivity contribution in [3.05, 3.63) is 28.6 Å². The second kappa shape index (κ2) is 8.84. The smallest absolute Gasteiger partial charge is 0.271 e. The van der Waals surface area contributed by atoms with Crippen LogP contribution in [0.15, 0.2) is 22.9 Å². The van der Waals surface area contributed by atoms with Crippen molar-refractivity contribution in [2.45, 2.75) is 31.8 Å². The van der Waals surface area contributed by atoms with Crippen molar-refractivity contribution < 1.29 is 4.79 Å². The minimum atomic E-state index is -0.0652. The predicted molar refractivity (Wildman–Crippen MR) is 97.9 cm³/mol. The van der Waals surface area contributed by atoms with Gasteiger partial charge in [-0.25, -0.2) is 4.98 Å². The Labute approximate surface area is 150 Å². The van der Waals surface area contributed by atoms with Crippen molar-refractivity contribution in [2.24, 2.45) is 0 Å². The standard InChI is InChI=1S/C14H17N3OS2.2ClH/c1-9-10(4-2-6-15-9)16-13(18)11-8-20-14(17-11)12-5-3-7-19-12;;/h3,5,7-10,15H,2,4,6H2,1H3,(H,16,18);2*1H. The molecule has 0 spiro atoms. The number of thiazole rings is 1. The molecule has 1 saturated heterocycles. The van der Waals surface area contributed by atoms with E-state index in [4.69, 9.17) is 0 Å². The van der Waals surface area contributed by atoms with Gasteiger partial charge >= 0.3 is 0 Å². The first-order valence-electron chi connectivity index (χ1n) is 6.77. The van der Waals surface area contributed by atoms with E-state index in [1.807, 2.05) is 22.9 Å². The number of thiophene rings is 1. The van der Waals surface area contributed by atoms with Gasteiger partial charge in [0.1, 0.15) is 10.7 Å². The van der Waals surface area contributed by atoms with Crippen molar-refractivity contribution in [1.29, 1.82) is 0 Å². The molecule has 2 aromatic rings. The summed E-state index contributed by atoms with van der Waals surface area (Å²) in [6.07, 6.45) is 2.13. The molecule has 2 aromatic heterocycles. The molecule has 1 amide bonds. The molecule has 1 aliphatic rings. The van der Waals surface area contributed by atoms with Crippen LogP contribution in [-0.4, -0.2) is 29.5 Å². The molecule has 0 aromatic carbocycles. The molecular weight excluding hydrogens is 361 g/mol. The summed E-state index contributed by atoms with van der Waals surface area (Å²) < 4.78 is 0. The summed E-state index contributed by atoms with van der Waals surface area (Å²) in [6, 6.07) is 4.54. The van der Waals surface area contributed by atoms with Crippen LogP contribution in [0.5, 0.6) is 0 Å². The second-order valence-corrected chi connectivity index (χ2v) is 6.79. The summed E-state index contributed by atoms with van der Waals surface area (Å²) in [6.45, 7) is 3.15. The van der Waals surface area contributed by atoms with E-state index >= 15 is 0 Å². The average molecular weight is 380 g/mol. The molecular formula is C14H19Cl2N3OS2. The van der Waals surface area contributed by atoms with Gasteiger partial charge in [0.2, 0.25) is 0 Å².